The predicted molar refractivity (Wildman–Crippen MR) is 279 cm³/mol. The second-order valence-corrected chi connectivity index (χ2v) is 29.2. The largest absolute Gasteiger partial charge is 0.460 e. The van der Waals surface area contributed by atoms with Gasteiger partial charge in [0.2, 0.25) is 0 Å². The zero-order chi connectivity index (χ0) is 77.2. The van der Waals surface area contributed by atoms with E-state index in [0.717, 1.165) is 6.92 Å². The Morgan fingerprint density at radius 3 is 0.809 bits per heavy atom. The Bertz CT molecular complexity index is 2890. The van der Waals surface area contributed by atoms with Crippen molar-refractivity contribution in [3.8, 4) is 0 Å². The van der Waals surface area contributed by atoms with Gasteiger partial charge in [0.05, 0.1) is 0 Å². The monoisotopic (exact) mass is 1490 g/mol. The molecule has 0 bridgehead atoms. The van der Waals surface area contributed by atoms with Crippen LogP contribution in [-0.2, 0) is 29.7 Å². The normalized spacial score (nSPS) is 21.8. The fraction of sp³-hybridized carbons (Fsp3) is 1.00. The van der Waals surface area contributed by atoms with Crippen LogP contribution in [0, 0.1) is 55.2 Å². The SMILES string of the molecule is CCC(C)(C)C(F)(F)C(F)(F)C(C)(CC)C(C)(CC)C(F)(OC(F)(F)C(F)(F)S(=O)(=O)O)C(F)(F)C(C)(CC)C(C)(CC)C(F)(F)C(F)(F)C(C)(CC)C(C)(CC)C(F)(OC(F)(F)C(F)(F)C(F)(F)C(F)(F)S(=O)(=O)O)C(F)(F)C(C)(CC)C(C)C(F)(F)C(F)(F)C(C)C. The van der Waals surface area contributed by atoms with Crippen LogP contribution in [0.3, 0.4) is 0 Å². The van der Waals surface area contributed by atoms with Crippen molar-refractivity contribution in [3.63, 3.8) is 0 Å². The third-order valence-corrected chi connectivity index (χ3v) is 24.0. The summed E-state index contributed by atoms with van der Waals surface area (Å²) in [7, 11) is -16.2. The zero-order valence-electron chi connectivity index (χ0n) is 54.3. The molecule has 0 heterocycles. The van der Waals surface area contributed by atoms with Gasteiger partial charge in [-0.05, 0) is 51.4 Å². The van der Waals surface area contributed by atoms with E-state index in [0.29, 0.717) is 13.8 Å². The molecule has 8 nitrogen and oxygen atoms in total. The molecule has 10 atom stereocenters. The summed E-state index contributed by atoms with van der Waals surface area (Å²) in [4.78, 5) is 0. The highest BCUT2D eigenvalue weighted by atomic mass is 32.2. The van der Waals surface area contributed by atoms with Crippen molar-refractivity contribution in [3.05, 3.63) is 0 Å². The summed E-state index contributed by atoms with van der Waals surface area (Å²) in [5.74, 6) is -92.3. The Morgan fingerprint density at radius 1 is 0.298 bits per heavy atom. The van der Waals surface area contributed by atoms with Crippen molar-refractivity contribution in [2.24, 2.45) is 55.2 Å². The highest BCUT2D eigenvalue weighted by molar-refractivity contribution is 7.87. The first-order valence-corrected chi connectivity index (χ1v) is 31.4. The van der Waals surface area contributed by atoms with Crippen LogP contribution in [0.4, 0.5) is 132 Å². The minimum Gasteiger partial charge on any atom is -0.281 e. The van der Waals surface area contributed by atoms with Crippen LogP contribution in [0.2, 0.25) is 0 Å². The molecular formula is C54H80F30O8S2. The summed E-state index contributed by atoms with van der Waals surface area (Å²) in [6.45, 7) is -2.68. The first-order chi connectivity index (χ1) is 40.5. The maximum Gasteiger partial charge on any atom is 0.460 e. The number of ether oxygens (including phenoxy) is 2. The summed E-state index contributed by atoms with van der Waals surface area (Å²) in [6.07, 6.45) is -34.0. The zero-order valence-corrected chi connectivity index (χ0v) is 55.9. The van der Waals surface area contributed by atoms with E-state index in [9.17, 15) is 25.6 Å². The van der Waals surface area contributed by atoms with Crippen LogP contribution in [0.1, 0.15) is 190 Å². The Kier molecular flexibility index (Phi) is 24.7. The highest BCUT2D eigenvalue weighted by Gasteiger charge is 2.93. The van der Waals surface area contributed by atoms with Gasteiger partial charge in [-0.3, -0.25) is 18.6 Å². The average molecular weight is 1490 g/mol. The van der Waals surface area contributed by atoms with Crippen molar-refractivity contribution in [2.45, 2.75) is 284 Å². The van der Waals surface area contributed by atoms with Crippen molar-refractivity contribution in [1.82, 2.24) is 0 Å². The van der Waals surface area contributed by atoms with E-state index >= 15 is 123 Å². The van der Waals surface area contributed by atoms with E-state index in [-0.39, 0.29) is 69.2 Å². The van der Waals surface area contributed by atoms with Gasteiger partial charge in [0.25, 0.3) is 11.7 Å². The minimum atomic E-state index is -8.77. The fourth-order valence-corrected chi connectivity index (χ4v) is 13.1. The van der Waals surface area contributed by atoms with Crippen molar-refractivity contribution >= 4 is 20.2 Å². The molecule has 0 aliphatic carbocycles. The molecule has 0 saturated carbocycles. The molecule has 2 N–H and O–H groups in total. The van der Waals surface area contributed by atoms with Crippen molar-refractivity contribution < 1.29 is 167 Å². The molecule has 0 saturated heterocycles. The molecule has 0 aliphatic rings. The maximum absolute atomic E-state index is 19.2. The van der Waals surface area contributed by atoms with Crippen LogP contribution in [0.25, 0.3) is 0 Å². The molecule has 0 aromatic carbocycles. The molecule has 0 amide bonds. The third kappa shape index (κ3) is 11.3. The predicted octanol–water partition coefficient (Wildman–Crippen LogP) is 21.5. The van der Waals surface area contributed by atoms with E-state index in [1.165, 1.54) is 0 Å². The number of rotatable bonds is 37. The molecule has 0 rings (SSSR count). The number of hydrogen-bond acceptors (Lipinski definition) is 6. The Labute approximate surface area is 525 Å². The lowest BCUT2D eigenvalue weighted by molar-refractivity contribution is -0.508. The Balaban J connectivity index is 10.6. The van der Waals surface area contributed by atoms with Gasteiger partial charge in [-0.2, -0.15) is 140 Å². The second-order valence-electron chi connectivity index (χ2n) is 26.3. The second kappa shape index (κ2) is 25.3. The molecule has 566 valence electrons. The summed E-state index contributed by atoms with van der Waals surface area (Å²) in [5, 5.41) is -15.6. The molecular weight excluding hydrogens is 1410 g/mol. The van der Waals surface area contributed by atoms with E-state index in [1.807, 2.05) is 0 Å². The van der Waals surface area contributed by atoms with Gasteiger partial charge < -0.3 is 0 Å². The van der Waals surface area contributed by atoms with Crippen LogP contribution in [0.15, 0.2) is 0 Å². The number of hydrogen-bond donors (Lipinski definition) is 2. The topological polar surface area (TPSA) is 127 Å². The van der Waals surface area contributed by atoms with Gasteiger partial charge in [0, 0.05) is 55.2 Å². The van der Waals surface area contributed by atoms with Gasteiger partial charge in [-0.25, -0.2) is 8.78 Å². The lowest BCUT2D eigenvalue weighted by atomic mass is 9.45. The lowest BCUT2D eigenvalue weighted by Gasteiger charge is -2.65. The number of halogens is 30. The molecule has 0 radical (unpaired) electrons. The van der Waals surface area contributed by atoms with Crippen LogP contribution < -0.4 is 0 Å². The van der Waals surface area contributed by atoms with Crippen LogP contribution in [-0.4, -0.2) is 120 Å². The van der Waals surface area contributed by atoms with E-state index in [4.69, 9.17) is 9.11 Å². The smallest absolute Gasteiger partial charge is 0.281 e. The maximum atomic E-state index is 19.2. The number of alkyl halides is 30. The molecule has 0 aromatic rings. The van der Waals surface area contributed by atoms with Crippen molar-refractivity contribution in [1.29, 1.82) is 0 Å². The van der Waals surface area contributed by atoms with Gasteiger partial charge in [0.1, 0.15) is 0 Å². The molecule has 40 heteroatoms. The molecule has 10 unspecified atom stereocenters. The Morgan fingerprint density at radius 2 is 0.553 bits per heavy atom. The Hall–Kier alpha value is -2.36. The minimum absolute atomic E-state index is 0.0118. The molecule has 94 heavy (non-hydrogen) atoms. The van der Waals surface area contributed by atoms with E-state index in [1.54, 1.807) is 0 Å². The van der Waals surface area contributed by atoms with Crippen LogP contribution in [0.5, 0.6) is 0 Å². The van der Waals surface area contributed by atoms with Gasteiger partial charge in [-0.1, -0.05) is 138 Å². The standard InChI is InChI=1S/C54H80F30O8S2/c1-21-31(12,13)41(59,60)43(63,64)35(17,25-5)38(20,28-8)50(76,92-52(79,80)54(83,84)94(88,89)90)46(69,70)34(16,24-4)33(15,23-3)44(65,66)45(67,68)36(18,26-6)37(19,27-7)49(75,91-51(77,78)47(71,72)48(73,74)53(81,82)93(85,86)87)42(61,62)32(14,22-2)30(11)40(57,58)39(55,56)29(9)10/h29-30H,21-28H2,1-20H3,(H,85,86,87)(H,88,89,90). The lowest BCUT2D eigenvalue weighted by Crippen LogP contribution is -2.79. The summed E-state index contributed by atoms with van der Waals surface area (Å²) in [6, 6.07) is 0. The summed E-state index contributed by atoms with van der Waals surface area (Å²) >= 11 is 0. The average Bonchev–Trinajstić information content (AvgIpc) is 0.672. The van der Waals surface area contributed by atoms with Crippen molar-refractivity contribution in [2.75, 3.05) is 0 Å². The molecule has 0 spiro atoms. The van der Waals surface area contributed by atoms with E-state index in [2.05, 4.69) is 9.47 Å². The van der Waals surface area contributed by atoms with Gasteiger partial charge in [-0.15, -0.1) is 0 Å². The highest BCUT2D eigenvalue weighted by Crippen LogP contribution is 2.78. The fourth-order valence-electron chi connectivity index (χ4n) is 12.3. The summed E-state index contributed by atoms with van der Waals surface area (Å²) in [5.41, 5.74) is -39.5. The van der Waals surface area contributed by atoms with E-state index < -0.39 is 269 Å². The molecule has 0 fully saturated rings. The molecule has 0 aliphatic heterocycles. The first kappa shape index (κ1) is 91.6. The first-order valence-electron chi connectivity index (χ1n) is 28.5. The summed E-state index contributed by atoms with van der Waals surface area (Å²) < 4.78 is 574. The molecule has 0 aromatic heterocycles. The van der Waals surface area contributed by atoms with Gasteiger partial charge in [0.15, 0.2) is 0 Å². The van der Waals surface area contributed by atoms with Crippen LogP contribution >= 0.6 is 0 Å². The quantitative estimate of drug-likeness (QED) is 0.0465. The third-order valence-electron chi connectivity index (χ3n) is 22.2. The van der Waals surface area contributed by atoms with Gasteiger partial charge >= 0.3 is 102 Å².